The number of benzene rings is 2. The number of terminal acetylenes is 1. The number of rotatable bonds is 7. The molecule has 0 amide bonds. The Morgan fingerprint density at radius 1 is 1.10 bits per heavy atom. The number of aryl methyl sites for hydroxylation is 1. The summed E-state index contributed by atoms with van der Waals surface area (Å²) < 4.78 is 0. The highest BCUT2D eigenvalue weighted by molar-refractivity contribution is 5.46. The second-order valence-electron chi connectivity index (χ2n) is 8.85. The summed E-state index contributed by atoms with van der Waals surface area (Å²) in [6, 6.07) is 17.0. The normalized spacial score (nSPS) is 20.3. The highest BCUT2D eigenvalue weighted by Gasteiger charge is 2.33. The zero-order chi connectivity index (χ0) is 21.6. The predicted octanol–water partition coefficient (Wildman–Crippen LogP) is 4.13. The van der Waals surface area contributed by atoms with Gasteiger partial charge in [-0.15, -0.1) is 6.42 Å². The van der Waals surface area contributed by atoms with Crippen LogP contribution in [0.25, 0.3) is 0 Å². The second kappa shape index (κ2) is 10.2. The molecule has 4 heteroatoms. The number of phenols is 1. The SMILES string of the molecule is C#CCN(C1CCc2ccc(O)cc2C1)C(CCC)N1CCN(c2ccccc2)CC1. The summed E-state index contributed by atoms with van der Waals surface area (Å²) in [5.41, 5.74) is 3.97. The Morgan fingerprint density at radius 3 is 2.58 bits per heavy atom. The summed E-state index contributed by atoms with van der Waals surface area (Å²) in [4.78, 5) is 7.72. The Morgan fingerprint density at radius 2 is 1.87 bits per heavy atom. The molecule has 0 bridgehead atoms. The van der Waals surface area contributed by atoms with E-state index in [4.69, 9.17) is 6.42 Å². The van der Waals surface area contributed by atoms with E-state index in [1.165, 1.54) is 16.8 Å². The first-order valence-corrected chi connectivity index (χ1v) is 11.7. The molecule has 2 aliphatic rings. The molecule has 2 aromatic rings. The Kier molecular flexibility index (Phi) is 7.17. The molecule has 0 spiro atoms. The number of aromatic hydroxyl groups is 1. The number of fused-ring (bicyclic) bond motifs is 1. The number of nitrogens with zero attached hydrogens (tertiary/aromatic N) is 3. The van der Waals surface area contributed by atoms with Crippen molar-refractivity contribution in [1.29, 1.82) is 0 Å². The van der Waals surface area contributed by atoms with E-state index in [0.29, 0.717) is 24.5 Å². The molecule has 0 saturated carbocycles. The molecular weight excluding hydrogens is 382 g/mol. The van der Waals surface area contributed by atoms with E-state index in [1.807, 2.05) is 12.1 Å². The van der Waals surface area contributed by atoms with Gasteiger partial charge in [0.15, 0.2) is 0 Å². The van der Waals surface area contributed by atoms with Crippen LogP contribution in [-0.4, -0.2) is 59.8 Å². The molecule has 0 radical (unpaired) electrons. The van der Waals surface area contributed by atoms with Crippen molar-refractivity contribution in [3.8, 4) is 18.1 Å². The standard InChI is InChI=1S/C27H35N3O/c1-3-8-27(29-18-16-28(17-19-29)24-9-6-5-7-10-24)30(15-4-2)25-13-11-22-12-14-26(31)21-23(22)20-25/h2,5-7,9-10,12,14,21,25,27,31H,3,8,11,13,15-20H2,1H3. The Labute approximate surface area is 187 Å². The van der Waals surface area contributed by atoms with Crippen molar-refractivity contribution in [2.24, 2.45) is 0 Å². The van der Waals surface area contributed by atoms with Gasteiger partial charge in [-0.25, -0.2) is 0 Å². The van der Waals surface area contributed by atoms with Gasteiger partial charge in [0.05, 0.1) is 12.7 Å². The number of phenolic OH excluding ortho intramolecular Hbond substituents is 1. The van der Waals surface area contributed by atoms with E-state index in [1.54, 1.807) is 0 Å². The van der Waals surface area contributed by atoms with Crippen LogP contribution < -0.4 is 4.90 Å². The smallest absolute Gasteiger partial charge is 0.115 e. The van der Waals surface area contributed by atoms with Crippen LogP contribution in [0.5, 0.6) is 5.75 Å². The largest absolute Gasteiger partial charge is 0.508 e. The molecule has 1 heterocycles. The Hall–Kier alpha value is -2.48. The van der Waals surface area contributed by atoms with Gasteiger partial charge in [0.1, 0.15) is 5.75 Å². The maximum absolute atomic E-state index is 9.97. The number of piperazine rings is 1. The van der Waals surface area contributed by atoms with Gasteiger partial charge in [0, 0.05) is 37.9 Å². The van der Waals surface area contributed by atoms with Gasteiger partial charge in [-0.1, -0.05) is 43.5 Å². The summed E-state index contributed by atoms with van der Waals surface area (Å²) in [6.45, 7) is 7.18. The summed E-state index contributed by atoms with van der Waals surface area (Å²) in [5, 5.41) is 9.97. The van der Waals surface area contributed by atoms with E-state index in [9.17, 15) is 5.11 Å². The van der Waals surface area contributed by atoms with E-state index in [2.05, 4.69) is 63.9 Å². The van der Waals surface area contributed by atoms with E-state index < -0.39 is 0 Å². The van der Waals surface area contributed by atoms with E-state index in [-0.39, 0.29) is 0 Å². The lowest BCUT2D eigenvalue weighted by molar-refractivity contribution is 0.00755. The average Bonchev–Trinajstić information content (AvgIpc) is 2.81. The molecule has 2 atom stereocenters. The molecular formula is C27H35N3O. The molecule has 1 saturated heterocycles. The molecule has 0 aromatic heterocycles. The van der Waals surface area contributed by atoms with Gasteiger partial charge >= 0.3 is 0 Å². The Balaban J connectivity index is 1.48. The summed E-state index contributed by atoms with van der Waals surface area (Å²) >= 11 is 0. The lowest BCUT2D eigenvalue weighted by atomic mass is 9.86. The molecule has 1 N–H and O–H groups in total. The van der Waals surface area contributed by atoms with Gasteiger partial charge in [-0.3, -0.25) is 9.80 Å². The van der Waals surface area contributed by atoms with Gasteiger partial charge in [-0.05, 0) is 61.1 Å². The number of para-hydroxylation sites is 1. The van der Waals surface area contributed by atoms with Crippen molar-refractivity contribution in [1.82, 2.24) is 9.80 Å². The van der Waals surface area contributed by atoms with Crippen molar-refractivity contribution in [2.75, 3.05) is 37.6 Å². The van der Waals surface area contributed by atoms with Crippen molar-refractivity contribution in [3.05, 3.63) is 59.7 Å². The van der Waals surface area contributed by atoms with Crippen molar-refractivity contribution >= 4 is 5.69 Å². The molecule has 31 heavy (non-hydrogen) atoms. The van der Waals surface area contributed by atoms with Crippen LogP contribution in [0.1, 0.15) is 37.3 Å². The Bertz CT molecular complexity index is 883. The molecule has 1 aliphatic carbocycles. The van der Waals surface area contributed by atoms with E-state index in [0.717, 1.165) is 58.3 Å². The molecule has 4 rings (SSSR count). The van der Waals surface area contributed by atoms with Crippen molar-refractivity contribution < 1.29 is 5.11 Å². The zero-order valence-corrected chi connectivity index (χ0v) is 18.7. The topological polar surface area (TPSA) is 30.0 Å². The van der Waals surface area contributed by atoms with Crippen molar-refractivity contribution in [3.63, 3.8) is 0 Å². The number of anilines is 1. The van der Waals surface area contributed by atoms with Gasteiger partial charge < -0.3 is 10.0 Å². The maximum Gasteiger partial charge on any atom is 0.115 e. The lowest BCUT2D eigenvalue weighted by Crippen LogP contribution is -2.59. The minimum Gasteiger partial charge on any atom is -0.508 e. The van der Waals surface area contributed by atoms with Crippen LogP contribution in [0.4, 0.5) is 5.69 Å². The molecule has 164 valence electrons. The summed E-state index contributed by atoms with van der Waals surface area (Å²) in [5.74, 6) is 3.32. The van der Waals surface area contributed by atoms with Crippen molar-refractivity contribution in [2.45, 2.75) is 51.2 Å². The maximum atomic E-state index is 9.97. The van der Waals surface area contributed by atoms with Gasteiger partial charge in [0.25, 0.3) is 0 Å². The average molecular weight is 418 g/mol. The van der Waals surface area contributed by atoms with Gasteiger partial charge in [0.2, 0.25) is 0 Å². The molecule has 1 aliphatic heterocycles. The first-order chi connectivity index (χ1) is 15.2. The van der Waals surface area contributed by atoms with Crippen LogP contribution in [0.15, 0.2) is 48.5 Å². The predicted molar refractivity (Wildman–Crippen MR) is 128 cm³/mol. The third kappa shape index (κ3) is 5.06. The summed E-state index contributed by atoms with van der Waals surface area (Å²) in [6.07, 6.45) is 11.7. The molecule has 4 nitrogen and oxygen atoms in total. The minimum atomic E-state index is 0.366. The zero-order valence-electron chi connectivity index (χ0n) is 18.7. The van der Waals surface area contributed by atoms with Crippen LogP contribution in [0, 0.1) is 12.3 Å². The minimum absolute atomic E-state index is 0.366. The lowest BCUT2D eigenvalue weighted by Gasteiger charge is -2.47. The van der Waals surface area contributed by atoms with E-state index >= 15 is 0 Å². The highest BCUT2D eigenvalue weighted by Crippen LogP contribution is 2.30. The first-order valence-electron chi connectivity index (χ1n) is 11.7. The fourth-order valence-electron chi connectivity index (χ4n) is 5.32. The molecule has 2 unspecified atom stereocenters. The van der Waals surface area contributed by atoms with Crippen LogP contribution in [0.2, 0.25) is 0 Å². The van der Waals surface area contributed by atoms with Crippen LogP contribution >= 0.6 is 0 Å². The number of hydrogen-bond acceptors (Lipinski definition) is 4. The quantitative estimate of drug-likeness (QED) is 0.686. The van der Waals surface area contributed by atoms with Gasteiger partial charge in [-0.2, -0.15) is 0 Å². The molecule has 2 aromatic carbocycles. The van der Waals surface area contributed by atoms with Crippen LogP contribution in [-0.2, 0) is 12.8 Å². The highest BCUT2D eigenvalue weighted by atomic mass is 16.3. The first kappa shape index (κ1) is 21.7. The fourth-order valence-corrected chi connectivity index (χ4v) is 5.32. The molecule has 1 fully saturated rings. The fraction of sp³-hybridized carbons (Fsp3) is 0.481. The second-order valence-corrected chi connectivity index (χ2v) is 8.85. The third-order valence-corrected chi connectivity index (χ3v) is 6.92. The number of hydrogen-bond donors (Lipinski definition) is 1. The monoisotopic (exact) mass is 417 g/mol. The van der Waals surface area contributed by atoms with Crippen LogP contribution in [0.3, 0.4) is 0 Å². The summed E-state index contributed by atoms with van der Waals surface area (Å²) in [7, 11) is 0. The third-order valence-electron chi connectivity index (χ3n) is 6.92.